The van der Waals surface area contributed by atoms with Crippen molar-refractivity contribution < 1.29 is 4.74 Å². The van der Waals surface area contributed by atoms with E-state index in [1.165, 1.54) is 0 Å². The van der Waals surface area contributed by atoms with E-state index in [-0.39, 0.29) is 6.10 Å². The van der Waals surface area contributed by atoms with Gasteiger partial charge in [-0.05, 0) is 0 Å². The first-order chi connectivity index (χ1) is 8.93. The number of rotatable bonds is 1. The maximum atomic E-state index is 5.89. The van der Waals surface area contributed by atoms with E-state index < -0.39 is 0 Å². The summed E-state index contributed by atoms with van der Waals surface area (Å²) in [7, 11) is 0. The molecule has 0 bridgehead atoms. The number of fused-ring (bicyclic) bond motifs is 3. The van der Waals surface area contributed by atoms with Gasteiger partial charge in [0.05, 0.1) is 24.4 Å². The van der Waals surface area contributed by atoms with Crippen molar-refractivity contribution in [1.82, 2.24) is 20.3 Å². The van der Waals surface area contributed by atoms with Gasteiger partial charge in [0.2, 0.25) is 0 Å². The molecular weight excluding hydrogens is 228 g/mol. The molecule has 1 fully saturated rings. The Morgan fingerprint density at radius 2 is 2.11 bits per heavy atom. The van der Waals surface area contributed by atoms with E-state index in [2.05, 4.69) is 27.8 Å². The molecule has 0 spiro atoms. The number of nitrogens with one attached hydrogen (secondary N) is 1. The van der Waals surface area contributed by atoms with Crippen LogP contribution in [0.3, 0.4) is 0 Å². The van der Waals surface area contributed by atoms with Crippen LogP contribution in [0.5, 0.6) is 0 Å². The zero-order valence-corrected chi connectivity index (χ0v) is 9.91. The van der Waals surface area contributed by atoms with E-state index in [0.717, 1.165) is 30.0 Å². The van der Waals surface area contributed by atoms with Crippen molar-refractivity contribution >= 4 is 0 Å². The standard InChI is InChI=1S/C13H14N4O/c1-2-4-9(5-3-1)13-11-8-18-12-7-14-6-10(12)17(11)16-15-13/h1-5,10,12,14H,6-8H2/t10-,12-/m0/s1. The monoisotopic (exact) mass is 242 g/mol. The second-order valence-corrected chi connectivity index (χ2v) is 4.77. The lowest BCUT2D eigenvalue weighted by molar-refractivity contribution is -0.00261. The minimum atomic E-state index is 0.239. The molecule has 0 aliphatic carbocycles. The van der Waals surface area contributed by atoms with Gasteiger partial charge >= 0.3 is 0 Å². The lowest BCUT2D eigenvalue weighted by Crippen LogP contribution is -2.32. The average molecular weight is 242 g/mol. The third-order valence-electron chi connectivity index (χ3n) is 3.71. The van der Waals surface area contributed by atoms with E-state index in [0.29, 0.717) is 12.6 Å². The van der Waals surface area contributed by atoms with Gasteiger partial charge in [-0.25, -0.2) is 4.68 Å². The molecule has 5 heteroatoms. The van der Waals surface area contributed by atoms with Gasteiger partial charge < -0.3 is 10.1 Å². The predicted molar refractivity (Wildman–Crippen MR) is 65.9 cm³/mol. The fourth-order valence-corrected chi connectivity index (χ4v) is 2.78. The third-order valence-corrected chi connectivity index (χ3v) is 3.71. The van der Waals surface area contributed by atoms with Crippen molar-refractivity contribution in [2.45, 2.75) is 18.8 Å². The van der Waals surface area contributed by atoms with Gasteiger partial charge in [0, 0.05) is 18.7 Å². The minimum Gasteiger partial charge on any atom is -0.368 e. The highest BCUT2D eigenvalue weighted by molar-refractivity contribution is 5.61. The molecule has 0 unspecified atom stereocenters. The van der Waals surface area contributed by atoms with Crippen molar-refractivity contribution in [3.05, 3.63) is 36.0 Å². The highest BCUT2D eigenvalue weighted by atomic mass is 16.5. The van der Waals surface area contributed by atoms with Crippen molar-refractivity contribution in [2.24, 2.45) is 0 Å². The zero-order chi connectivity index (χ0) is 11.9. The van der Waals surface area contributed by atoms with Crippen molar-refractivity contribution in [3.8, 4) is 11.3 Å². The Kier molecular flexibility index (Phi) is 2.21. The summed E-state index contributed by atoms with van der Waals surface area (Å²) in [4.78, 5) is 0. The number of benzene rings is 1. The summed E-state index contributed by atoms with van der Waals surface area (Å²) in [5.74, 6) is 0. The third kappa shape index (κ3) is 1.41. The van der Waals surface area contributed by atoms with E-state index in [1.54, 1.807) is 0 Å². The zero-order valence-electron chi connectivity index (χ0n) is 9.91. The lowest BCUT2D eigenvalue weighted by atomic mass is 10.1. The first-order valence-electron chi connectivity index (χ1n) is 6.25. The SMILES string of the molecule is c1ccc(-c2nnn3c2CO[C@H]2CNC[C@@H]23)cc1. The number of hydrogen-bond donors (Lipinski definition) is 1. The summed E-state index contributed by atoms with van der Waals surface area (Å²) in [5, 5.41) is 12.0. The Bertz CT molecular complexity index is 566. The highest BCUT2D eigenvalue weighted by Crippen LogP contribution is 2.31. The molecular formula is C13H14N4O. The van der Waals surface area contributed by atoms with Crippen molar-refractivity contribution in [1.29, 1.82) is 0 Å². The molecule has 5 nitrogen and oxygen atoms in total. The van der Waals surface area contributed by atoms with Gasteiger partial charge in [-0.2, -0.15) is 0 Å². The van der Waals surface area contributed by atoms with Crippen LogP contribution in [-0.4, -0.2) is 34.2 Å². The van der Waals surface area contributed by atoms with Gasteiger partial charge in [-0.1, -0.05) is 35.5 Å². The fourth-order valence-electron chi connectivity index (χ4n) is 2.78. The Hall–Kier alpha value is -1.72. The molecule has 1 aromatic carbocycles. The van der Waals surface area contributed by atoms with Crippen LogP contribution in [0.1, 0.15) is 11.7 Å². The van der Waals surface area contributed by atoms with E-state index >= 15 is 0 Å². The maximum Gasteiger partial charge on any atom is 0.118 e. The van der Waals surface area contributed by atoms with Gasteiger partial charge in [-0.15, -0.1) is 5.10 Å². The van der Waals surface area contributed by atoms with Gasteiger partial charge in [0.15, 0.2) is 0 Å². The summed E-state index contributed by atoms with van der Waals surface area (Å²) >= 11 is 0. The molecule has 3 heterocycles. The quantitative estimate of drug-likeness (QED) is 0.810. The number of ether oxygens (including phenoxy) is 1. The molecule has 0 amide bonds. The molecule has 1 saturated heterocycles. The molecule has 2 atom stereocenters. The molecule has 18 heavy (non-hydrogen) atoms. The average Bonchev–Trinajstić information content (AvgIpc) is 3.05. The van der Waals surface area contributed by atoms with E-state index in [9.17, 15) is 0 Å². The predicted octanol–water partition coefficient (Wildman–Crippen LogP) is 0.988. The van der Waals surface area contributed by atoms with Gasteiger partial charge in [0.25, 0.3) is 0 Å². The lowest BCUT2D eigenvalue weighted by Gasteiger charge is -2.26. The van der Waals surface area contributed by atoms with E-state index in [1.807, 2.05) is 22.9 Å². The van der Waals surface area contributed by atoms with Crippen LogP contribution in [0.25, 0.3) is 11.3 Å². The first-order valence-corrected chi connectivity index (χ1v) is 6.25. The summed E-state index contributed by atoms with van der Waals surface area (Å²) in [6.45, 7) is 2.42. The molecule has 0 radical (unpaired) electrons. The smallest absolute Gasteiger partial charge is 0.118 e. The van der Waals surface area contributed by atoms with Crippen LogP contribution in [0.2, 0.25) is 0 Å². The van der Waals surface area contributed by atoms with Crippen LogP contribution >= 0.6 is 0 Å². The first kappa shape index (κ1) is 10.2. The Morgan fingerprint density at radius 3 is 3.00 bits per heavy atom. The summed E-state index contributed by atoms with van der Waals surface area (Å²) < 4.78 is 7.92. The minimum absolute atomic E-state index is 0.239. The molecule has 2 aromatic rings. The van der Waals surface area contributed by atoms with Crippen LogP contribution < -0.4 is 5.32 Å². The highest BCUT2D eigenvalue weighted by Gasteiger charge is 2.36. The second-order valence-electron chi connectivity index (χ2n) is 4.77. The second kappa shape index (κ2) is 3.90. The van der Waals surface area contributed by atoms with Crippen LogP contribution in [0.15, 0.2) is 30.3 Å². The molecule has 1 aromatic heterocycles. The van der Waals surface area contributed by atoms with Crippen LogP contribution in [0, 0.1) is 0 Å². The summed E-state index contributed by atoms with van der Waals surface area (Å²) in [5.41, 5.74) is 3.14. The molecule has 1 N–H and O–H groups in total. The molecule has 0 saturated carbocycles. The largest absolute Gasteiger partial charge is 0.368 e. The molecule has 2 aliphatic rings. The number of nitrogens with zero attached hydrogens (tertiary/aromatic N) is 3. The molecule has 2 aliphatic heterocycles. The number of aromatic nitrogens is 3. The maximum absolute atomic E-state index is 5.89. The van der Waals surface area contributed by atoms with Crippen LogP contribution in [-0.2, 0) is 11.3 Å². The van der Waals surface area contributed by atoms with Crippen LogP contribution in [0.4, 0.5) is 0 Å². The topological polar surface area (TPSA) is 52.0 Å². The number of hydrogen-bond acceptors (Lipinski definition) is 4. The van der Waals surface area contributed by atoms with Gasteiger partial charge in [-0.3, -0.25) is 0 Å². The Balaban J connectivity index is 1.80. The van der Waals surface area contributed by atoms with Crippen molar-refractivity contribution in [2.75, 3.05) is 13.1 Å². The summed E-state index contributed by atoms with van der Waals surface area (Å²) in [6.07, 6.45) is 0.239. The molecule has 4 rings (SSSR count). The molecule has 92 valence electrons. The van der Waals surface area contributed by atoms with Gasteiger partial charge in [0.1, 0.15) is 5.69 Å². The van der Waals surface area contributed by atoms with E-state index in [4.69, 9.17) is 4.74 Å². The normalized spacial score (nSPS) is 25.8. The fraction of sp³-hybridized carbons (Fsp3) is 0.385. The Labute approximate surface area is 105 Å². The summed E-state index contributed by atoms with van der Waals surface area (Å²) in [6, 6.07) is 10.5. The van der Waals surface area contributed by atoms with Crippen molar-refractivity contribution in [3.63, 3.8) is 0 Å². The Morgan fingerprint density at radius 1 is 1.22 bits per heavy atom.